The van der Waals surface area contributed by atoms with Crippen molar-refractivity contribution in [1.82, 2.24) is 4.98 Å². The van der Waals surface area contributed by atoms with Gasteiger partial charge in [0, 0.05) is 17.1 Å². The number of pyridine rings is 1. The van der Waals surface area contributed by atoms with Crippen molar-refractivity contribution in [2.45, 2.75) is 6.92 Å². The minimum absolute atomic E-state index is 0.119. The summed E-state index contributed by atoms with van der Waals surface area (Å²) in [4.78, 5) is 16.6. The second-order valence-corrected chi connectivity index (χ2v) is 4.65. The number of nitrogens with one attached hydrogen (secondary N) is 1. The third-order valence-corrected chi connectivity index (χ3v) is 3.26. The topological polar surface area (TPSA) is 42.0 Å². The van der Waals surface area contributed by atoms with E-state index in [1.807, 2.05) is 49.4 Å². The van der Waals surface area contributed by atoms with Crippen LogP contribution in [0.3, 0.4) is 0 Å². The molecule has 1 N–H and O–H groups in total. The van der Waals surface area contributed by atoms with Gasteiger partial charge in [-0.25, -0.2) is 0 Å². The minimum Gasteiger partial charge on any atom is -0.320 e. The standard InChI is InChI=1S/C17H14N2O/c1-12-9-10-13-8-5-11-18-16(13)15(12)19-17(20)14-6-3-2-4-7-14/h2-11H,1H3,(H,19,20). The third kappa shape index (κ3) is 2.26. The first-order valence-corrected chi connectivity index (χ1v) is 6.46. The highest BCUT2D eigenvalue weighted by Gasteiger charge is 2.10. The van der Waals surface area contributed by atoms with Crippen LogP contribution in [0.1, 0.15) is 15.9 Å². The first kappa shape index (κ1) is 12.4. The average Bonchev–Trinajstić information content (AvgIpc) is 2.51. The zero-order valence-electron chi connectivity index (χ0n) is 11.1. The lowest BCUT2D eigenvalue weighted by atomic mass is 10.1. The number of aryl methyl sites for hydroxylation is 1. The molecule has 0 aliphatic carbocycles. The van der Waals surface area contributed by atoms with Crippen molar-refractivity contribution in [1.29, 1.82) is 0 Å². The van der Waals surface area contributed by atoms with Crippen LogP contribution in [0.5, 0.6) is 0 Å². The van der Waals surface area contributed by atoms with E-state index in [2.05, 4.69) is 10.3 Å². The predicted octanol–water partition coefficient (Wildman–Crippen LogP) is 3.80. The molecule has 2 aromatic carbocycles. The smallest absolute Gasteiger partial charge is 0.255 e. The van der Waals surface area contributed by atoms with Gasteiger partial charge in [-0.05, 0) is 30.7 Å². The van der Waals surface area contributed by atoms with Crippen LogP contribution in [0.4, 0.5) is 5.69 Å². The first-order valence-electron chi connectivity index (χ1n) is 6.46. The van der Waals surface area contributed by atoms with Crippen molar-refractivity contribution < 1.29 is 4.79 Å². The van der Waals surface area contributed by atoms with Crippen molar-refractivity contribution in [3.8, 4) is 0 Å². The van der Waals surface area contributed by atoms with E-state index < -0.39 is 0 Å². The molecule has 3 nitrogen and oxygen atoms in total. The summed E-state index contributed by atoms with van der Waals surface area (Å²) in [5, 5.41) is 3.98. The summed E-state index contributed by atoms with van der Waals surface area (Å²) in [5.74, 6) is -0.119. The molecule has 98 valence electrons. The largest absolute Gasteiger partial charge is 0.320 e. The molecule has 3 rings (SSSR count). The predicted molar refractivity (Wildman–Crippen MR) is 80.9 cm³/mol. The molecule has 0 spiro atoms. The van der Waals surface area contributed by atoms with Gasteiger partial charge in [-0.15, -0.1) is 0 Å². The fourth-order valence-electron chi connectivity index (χ4n) is 2.18. The summed E-state index contributed by atoms with van der Waals surface area (Å²) >= 11 is 0. The van der Waals surface area contributed by atoms with Crippen molar-refractivity contribution in [3.63, 3.8) is 0 Å². The fraction of sp³-hybridized carbons (Fsp3) is 0.0588. The molecule has 0 saturated heterocycles. The SMILES string of the molecule is Cc1ccc2cccnc2c1NC(=O)c1ccccc1. The lowest BCUT2D eigenvalue weighted by Crippen LogP contribution is -2.13. The zero-order chi connectivity index (χ0) is 13.9. The Labute approximate surface area is 117 Å². The van der Waals surface area contributed by atoms with Crippen LogP contribution < -0.4 is 5.32 Å². The molecule has 20 heavy (non-hydrogen) atoms. The normalized spacial score (nSPS) is 10.4. The molecule has 1 amide bonds. The van der Waals surface area contributed by atoms with E-state index in [0.29, 0.717) is 5.56 Å². The van der Waals surface area contributed by atoms with E-state index in [4.69, 9.17) is 0 Å². The summed E-state index contributed by atoms with van der Waals surface area (Å²) < 4.78 is 0. The molecule has 0 saturated carbocycles. The Morgan fingerprint density at radius 3 is 2.60 bits per heavy atom. The van der Waals surface area contributed by atoms with Crippen LogP contribution in [-0.2, 0) is 0 Å². The van der Waals surface area contributed by atoms with Crippen LogP contribution in [0.2, 0.25) is 0 Å². The Balaban J connectivity index is 2.03. The van der Waals surface area contributed by atoms with Gasteiger partial charge in [-0.2, -0.15) is 0 Å². The Kier molecular flexibility index (Phi) is 3.17. The Morgan fingerprint density at radius 1 is 1.00 bits per heavy atom. The lowest BCUT2D eigenvalue weighted by molar-refractivity contribution is 0.102. The molecule has 1 aromatic heterocycles. The van der Waals surface area contributed by atoms with Gasteiger partial charge < -0.3 is 5.32 Å². The number of aromatic nitrogens is 1. The number of rotatable bonds is 2. The number of carbonyl (C=O) groups is 1. The molecule has 0 radical (unpaired) electrons. The Morgan fingerprint density at radius 2 is 1.80 bits per heavy atom. The van der Waals surface area contributed by atoms with Gasteiger partial charge in [0.1, 0.15) is 0 Å². The number of benzene rings is 2. The highest BCUT2D eigenvalue weighted by atomic mass is 16.1. The van der Waals surface area contributed by atoms with E-state index in [9.17, 15) is 4.79 Å². The van der Waals surface area contributed by atoms with Crippen LogP contribution in [0.25, 0.3) is 10.9 Å². The molecule has 3 aromatic rings. The Hall–Kier alpha value is -2.68. The van der Waals surface area contributed by atoms with Crippen molar-refractivity contribution in [2.75, 3.05) is 5.32 Å². The van der Waals surface area contributed by atoms with Crippen LogP contribution >= 0.6 is 0 Å². The molecular weight excluding hydrogens is 248 g/mol. The number of anilines is 1. The highest BCUT2D eigenvalue weighted by Crippen LogP contribution is 2.25. The van der Waals surface area contributed by atoms with Crippen molar-refractivity contribution >= 4 is 22.5 Å². The van der Waals surface area contributed by atoms with Gasteiger partial charge in [0.25, 0.3) is 5.91 Å². The minimum atomic E-state index is -0.119. The maximum atomic E-state index is 12.3. The molecule has 0 atom stereocenters. The molecule has 0 unspecified atom stereocenters. The monoisotopic (exact) mass is 262 g/mol. The quantitative estimate of drug-likeness (QED) is 0.763. The third-order valence-electron chi connectivity index (χ3n) is 3.26. The van der Waals surface area contributed by atoms with Crippen LogP contribution in [0, 0.1) is 6.92 Å². The van der Waals surface area contributed by atoms with E-state index in [-0.39, 0.29) is 5.91 Å². The molecule has 0 bridgehead atoms. The summed E-state index contributed by atoms with van der Waals surface area (Å²) in [6.45, 7) is 1.97. The van der Waals surface area contributed by atoms with Crippen LogP contribution in [-0.4, -0.2) is 10.9 Å². The summed E-state index contributed by atoms with van der Waals surface area (Å²) in [6.07, 6.45) is 1.74. The number of carbonyl (C=O) groups excluding carboxylic acids is 1. The van der Waals surface area contributed by atoms with E-state index in [1.165, 1.54) is 0 Å². The van der Waals surface area contributed by atoms with E-state index >= 15 is 0 Å². The van der Waals surface area contributed by atoms with Gasteiger partial charge in [-0.1, -0.05) is 36.4 Å². The highest BCUT2D eigenvalue weighted by molar-refractivity contribution is 6.08. The number of fused-ring (bicyclic) bond motifs is 1. The molecule has 0 fully saturated rings. The van der Waals surface area contributed by atoms with Crippen molar-refractivity contribution in [3.05, 3.63) is 71.9 Å². The maximum absolute atomic E-state index is 12.3. The molecule has 3 heteroatoms. The number of hydrogen-bond acceptors (Lipinski definition) is 2. The number of nitrogens with zero attached hydrogens (tertiary/aromatic N) is 1. The van der Waals surface area contributed by atoms with Crippen molar-refractivity contribution in [2.24, 2.45) is 0 Å². The second kappa shape index (κ2) is 5.13. The fourth-order valence-corrected chi connectivity index (χ4v) is 2.18. The maximum Gasteiger partial charge on any atom is 0.255 e. The Bertz CT molecular complexity index is 766. The number of hydrogen-bond donors (Lipinski definition) is 1. The zero-order valence-corrected chi connectivity index (χ0v) is 11.1. The lowest BCUT2D eigenvalue weighted by Gasteiger charge is -2.11. The van der Waals surface area contributed by atoms with E-state index in [1.54, 1.807) is 18.3 Å². The summed E-state index contributed by atoms with van der Waals surface area (Å²) in [6, 6.07) is 17.1. The number of amides is 1. The molecule has 1 heterocycles. The van der Waals surface area contributed by atoms with Gasteiger partial charge >= 0.3 is 0 Å². The van der Waals surface area contributed by atoms with Gasteiger partial charge in [-0.3, -0.25) is 9.78 Å². The summed E-state index contributed by atoms with van der Waals surface area (Å²) in [5.41, 5.74) is 3.23. The van der Waals surface area contributed by atoms with Crippen LogP contribution in [0.15, 0.2) is 60.8 Å². The van der Waals surface area contributed by atoms with Gasteiger partial charge in [0.15, 0.2) is 0 Å². The molecule has 0 aliphatic heterocycles. The summed E-state index contributed by atoms with van der Waals surface area (Å²) in [7, 11) is 0. The molecule has 0 aliphatic rings. The van der Waals surface area contributed by atoms with Gasteiger partial charge in [0.05, 0.1) is 11.2 Å². The van der Waals surface area contributed by atoms with E-state index in [0.717, 1.165) is 22.2 Å². The average molecular weight is 262 g/mol. The van der Waals surface area contributed by atoms with Gasteiger partial charge in [0.2, 0.25) is 0 Å². The second-order valence-electron chi connectivity index (χ2n) is 4.65. The molecular formula is C17H14N2O. The first-order chi connectivity index (χ1) is 9.75.